The van der Waals surface area contributed by atoms with Gasteiger partial charge in [-0.05, 0) is 31.0 Å². The van der Waals surface area contributed by atoms with Crippen molar-refractivity contribution in [2.24, 2.45) is 5.73 Å². The predicted octanol–water partition coefficient (Wildman–Crippen LogP) is 1.11. The van der Waals surface area contributed by atoms with E-state index in [4.69, 9.17) is 11.5 Å². The summed E-state index contributed by atoms with van der Waals surface area (Å²) in [7, 11) is 0. The molecular formula is C14H21N3O2. The van der Waals surface area contributed by atoms with E-state index in [1.807, 2.05) is 6.07 Å². The van der Waals surface area contributed by atoms with Crippen LogP contribution in [0.3, 0.4) is 0 Å². The quantitative estimate of drug-likeness (QED) is 0.694. The first-order chi connectivity index (χ1) is 9.13. The van der Waals surface area contributed by atoms with Crippen LogP contribution in [0.4, 0.5) is 11.4 Å². The van der Waals surface area contributed by atoms with Gasteiger partial charge in [-0.1, -0.05) is 12.8 Å². The molecule has 1 aromatic rings. The maximum Gasteiger partial charge on any atom is 0.250 e. The zero-order chi connectivity index (χ0) is 13.8. The van der Waals surface area contributed by atoms with E-state index in [9.17, 15) is 9.90 Å². The van der Waals surface area contributed by atoms with E-state index in [1.54, 1.807) is 12.1 Å². The highest BCUT2D eigenvalue weighted by Gasteiger charge is 2.25. The number of rotatable bonds is 5. The van der Waals surface area contributed by atoms with E-state index in [-0.39, 0.29) is 6.61 Å². The molecule has 0 atom stereocenters. The lowest BCUT2D eigenvalue weighted by atomic mass is 10.1. The Kier molecular flexibility index (Phi) is 4.27. The summed E-state index contributed by atoms with van der Waals surface area (Å²) in [4.78, 5) is 13.7. The molecule has 0 spiro atoms. The van der Waals surface area contributed by atoms with Crippen molar-refractivity contribution in [1.82, 2.24) is 0 Å². The topological polar surface area (TPSA) is 92.6 Å². The molecule has 0 unspecified atom stereocenters. The summed E-state index contributed by atoms with van der Waals surface area (Å²) in [5.41, 5.74) is 12.9. The van der Waals surface area contributed by atoms with Crippen molar-refractivity contribution in [2.75, 3.05) is 23.8 Å². The first kappa shape index (κ1) is 13.7. The van der Waals surface area contributed by atoms with Gasteiger partial charge in [-0.2, -0.15) is 0 Å². The van der Waals surface area contributed by atoms with Gasteiger partial charge in [0.05, 0.1) is 12.2 Å². The van der Waals surface area contributed by atoms with Crippen LogP contribution in [0.25, 0.3) is 0 Å². The van der Waals surface area contributed by atoms with Crippen LogP contribution >= 0.6 is 0 Å². The molecule has 0 bridgehead atoms. The summed E-state index contributed by atoms with van der Waals surface area (Å²) in [6.45, 7) is 0.563. The van der Waals surface area contributed by atoms with E-state index >= 15 is 0 Å². The largest absolute Gasteiger partial charge is 0.399 e. The molecule has 0 aromatic heterocycles. The van der Waals surface area contributed by atoms with Crippen LogP contribution in [0.5, 0.6) is 0 Å². The Labute approximate surface area is 113 Å². The fourth-order valence-corrected chi connectivity index (χ4v) is 2.82. The summed E-state index contributed by atoms with van der Waals surface area (Å²) in [5.74, 6) is -0.483. The second-order valence-electron chi connectivity index (χ2n) is 5.00. The number of anilines is 2. The average molecular weight is 263 g/mol. The van der Waals surface area contributed by atoms with Crippen molar-refractivity contribution >= 4 is 17.3 Å². The molecule has 19 heavy (non-hydrogen) atoms. The second kappa shape index (κ2) is 5.93. The van der Waals surface area contributed by atoms with Gasteiger partial charge in [-0.15, -0.1) is 0 Å². The van der Waals surface area contributed by atoms with Crippen LogP contribution in [0.15, 0.2) is 18.2 Å². The molecule has 1 saturated carbocycles. The van der Waals surface area contributed by atoms with Gasteiger partial charge < -0.3 is 21.5 Å². The molecule has 1 fully saturated rings. The van der Waals surface area contributed by atoms with Crippen LogP contribution in [-0.4, -0.2) is 30.2 Å². The Morgan fingerprint density at radius 3 is 2.63 bits per heavy atom. The Hall–Kier alpha value is -1.75. The van der Waals surface area contributed by atoms with Gasteiger partial charge in [0.25, 0.3) is 5.91 Å². The minimum absolute atomic E-state index is 0.0546. The van der Waals surface area contributed by atoms with Crippen LogP contribution < -0.4 is 16.4 Å². The second-order valence-corrected chi connectivity index (χ2v) is 5.00. The SMILES string of the molecule is NC(=O)c1cc(N)ccc1N(CCO)C1CCCC1. The highest BCUT2D eigenvalue weighted by molar-refractivity contribution is 5.99. The van der Waals surface area contributed by atoms with Gasteiger partial charge in [-0.25, -0.2) is 0 Å². The number of primary amides is 1. The number of aliphatic hydroxyl groups is 1. The minimum Gasteiger partial charge on any atom is -0.399 e. The normalized spacial score (nSPS) is 15.6. The van der Waals surface area contributed by atoms with Gasteiger partial charge in [0.15, 0.2) is 0 Å². The van der Waals surface area contributed by atoms with Crippen LogP contribution in [-0.2, 0) is 0 Å². The summed E-state index contributed by atoms with van der Waals surface area (Å²) in [6, 6.07) is 5.57. The smallest absolute Gasteiger partial charge is 0.250 e. The number of benzene rings is 1. The Morgan fingerprint density at radius 1 is 1.37 bits per heavy atom. The molecule has 5 nitrogen and oxygen atoms in total. The van der Waals surface area contributed by atoms with Crippen LogP contribution in [0.1, 0.15) is 36.0 Å². The van der Waals surface area contributed by atoms with Gasteiger partial charge in [0, 0.05) is 24.0 Å². The molecule has 2 rings (SSSR count). The lowest BCUT2D eigenvalue weighted by Gasteiger charge is -2.32. The van der Waals surface area contributed by atoms with Crippen LogP contribution in [0, 0.1) is 0 Å². The molecule has 1 aliphatic carbocycles. The molecule has 0 aliphatic heterocycles. The van der Waals surface area contributed by atoms with Crippen molar-refractivity contribution in [3.05, 3.63) is 23.8 Å². The number of hydrogen-bond donors (Lipinski definition) is 3. The van der Waals surface area contributed by atoms with E-state index < -0.39 is 5.91 Å². The van der Waals surface area contributed by atoms with E-state index in [0.717, 1.165) is 18.5 Å². The van der Waals surface area contributed by atoms with Gasteiger partial charge in [-0.3, -0.25) is 4.79 Å². The first-order valence-electron chi connectivity index (χ1n) is 6.70. The highest BCUT2D eigenvalue weighted by Crippen LogP contribution is 2.31. The first-order valence-corrected chi connectivity index (χ1v) is 6.70. The molecule has 5 heteroatoms. The molecule has 0 saturated heterocycles. The predicted molar refractivity (Wildman–Crippen MR) is 76.1 cm³/mol. The maximum atomic E-state index is 11.6. The summed E-state index contributed by atoms with van der Waals surface area (Å²) in [6.07, 6.45) is 4.55. The lowest BCUT2D eigenvalue weighted by molar-refractivity contribution is 0.100. The van der Waals surface area contributed by atoms with Crippen LogP contribution in [0.2, 0.25) is 0 Å². The molecule has 104 valence electrons. The Balaban J connectivity index is 2.37. The Morgan fingerprint density at radius 2 is 2.05 bits per heavy atom. The fourth-order valence-electron chi connectivity index (χ4n) is 2.82. The van der Waals surface area contributed by atoms with Gasteiger partial charge in [0.2, 0.25) is 0 Å². The molecule has 1 aliphatic rings. The van der Waals surface area contributed by atoms with Gasteiger partial charge in [0.1, 0.15) is 0 Å². The molecule has 0 radical (unpaired) electrons. The number of nitrogens with two attached hydrogens (primary N) is 2. The average Bonchev–Trinajstić information content (AvgIpc) is 2.90. The fraction of sp³-hybridized carbons (Fsp3) is 0.500. The van der Waals surface area contributed by atoms with Crippen molar-refractivity contribution in [1.29, 1.82) is 0 Å². The maximum absolute atomic E-state index is 11.6. The lowest BCUT2D eigenvalue weighted by Crippen LogP contribution is -2.37. The third-order valence-corrected chi connectivity index (χ3v) is 3.70. The number of nitrogen functional groups attached to an aromatic ring is 1. The molecule has 0 heterocycles. The van der Waals surface area contributed by atoms with Crippen molar-refractivity contribution in [2.45, 2.75) is 31.7 Å². The standard InChI is InChI=1S/C14H21N3O2/c15-10-5-6-13(12(9-10)14(16)19)17(7-8-18)11-3-1-2-4-11/h5-6,9,11,18H,1-4,7-8,15H2,(H2,16,19). The van der Waals surface area contributed by atoms with Crippen molar-refractivity contribution < 1.29 is 9.90 Å². The number of hydrogen-bond acceptors (Lipinski definition) is 4. The Bertz CT molecular complexity index is 456. The number of amides is 1. The minimum atomic E-state index is -0.483. The van der Waals surface area contributed by atoms with Gasteiger partial charge >= 0.3 is 0 Å². The third kappa shape index (κ3) is 2.98. The molecule has 1 aromatic carbocycles. The van der Waals surface area contributed by atoms with E-state index in [1.165, 1.54) is 12.8 Å². The zero-order valence-electron chi connectivity index (χ0n) is 11.0. The zero-order valence-corrected chi connectivity index (χ0v) is 11.0. The highest BCUT2D eigenvalue weighted by atomic mass is 16.3. The van der Waals surface area contributed by atoms with Crippen molar-refractivity contribution in [3.63, 3.8) is 0 Å². The summed E-state index contributed by atoms with van der Waals surface area (Å²) in [5, 5.41) is 9.26. The number of aliphatic hydroxyl groups excluding tert-OH is 1. The van der Waals surface area contributed by atoms with E-state index in [0.29, 0.717) is 23.8 Å². The van der Waals surface area contributed by atoms with Crippen molar-refractivity contribution in [3.8, 4) is 0 Å². The van der Waals surface area contributed by atoms with E-state index in [2.05, 4.69) is 4.90 Å². The number of nitrogens with zero attached hydrogens (tertiary/aromatic N) is 1. The summed E-state index contributed by atoms with van der Waals surface area (Å²) >= 11 is 0. The molecule has 5 N–H and O–H groups in total. The number of carbonyl (C=O) groups is 1. The molecule has 1 amide bonds. The molecular weight excluding hydrogens is 242 g/mol. The number of carbonyl (C=O) groups excluding carboxylic acids is 1. The third-order valence-electron chi connectivity index (χ3n) is 3.70. The summed E-state index contributed by atoms with van der Waals surface area (Å²) < 4.78 is 0. The monoisotopic (exact) mass is 263 g/mol.